The van der Waals surface area contributed by atoms with E-state index in [1.165, 1.54) is 0 Å². The number of carbonyl (C=O) groups excluding carboxylic acids is 1. The van der Waals surface area contributed by atoms with Crippen LogP contribution in [0.25, 0.3) is 0 Å². The zero-order valence-electron chi connectivity index (χ0n) is 12.1. The summed E-state index contributed by atoms with van der Waals surface area (Å²) in [5, 5.41) is 12.1. The van der Waals surface area contributed by atoms with E-state index in [1.807, 2.05) is 0 Å². The zero-order chi connectivity index (χ0) is 14.5. The molecule has 0 aliphatic carbocycles. The van der Waals surface area contributed by atoms with Crippen LogP contribution < -0.4 is 5.73 Å². The van der Waals surface area contributed by atoms with E-state index < -0.39 is 5.41 Å². The van der Waals surface area contributed by atoms with Crippen molar-refractivity contribution in [2.45, 2.75) is 45.6 Å². The molecule has 110 valence electrons. The summed E-state index contributed by atoms with van der Waals surface area (Å²) in [6, 6.07) is 0.179. The number of oxime groups is 1. The summed E-state index contributed by atoms with van der Waals surface area (Å²) in [6.07, 6.45) is 2.71. The van der Waals surface area contributed by atoms with Gasteiger partial charge in [-0.1, -0.05) is 19.0 Å². The molecule has 1 fully saturated rings. The number of amidine groups is 1. The van der Waals surface area contributed by atoms with E-state index in [1.54, 1.807) is 11.9 Å². The molecule has 1 amide bonds. The maximum atomic E-state index is 12.8. The second-order valence-electron chi connectivity index (χ2n) is 5.07. The highest BCUT2D eigenvalue weighted by Gasteiger charge is 2.46. The predicted molar refractivity (Wildman–Crippen MR) is 73.0 cm³/mol. The molecule has 0 bridgehead atoms. The largest absolute Gasteiger partial charge is 0.409 e. The molecule has 1 aliphatic heterocycles. The Morgan fingerprint density at radius 2 is 1.95 bits per heavy atom. The lowest BCUT2D eigenvalue weighted by Crippen LogP contribution is -2.55. The number of hydrogen-bond acceptors (Lipinski definition) is 4. The summed E-state index contributed by atoms with van der Waals surface area (Å²) in [6.45, 7) is 5.02. The molecule has 0 radical (unpaired) electrons. The van der Waals surface area contributed by atoms with Crippen molar-refractivity contribution in [3.05, 3.63) is 0 Å². The van der Waals surface area contributed by atoms with Crippen LogP contribution in [0.3, 0.4) is 0 Å². The van der Waals surface area contributed by atoms with Crippen molar-refractivity contribution in [3.63, 3.8) is 0 Å². The minimum absolute atomic E-state index is 0.00129. The van der Waals surface area contributed by atoms with E-state index in [0.29, 0.717) is 26.1 Å². The lowest BCUT2D eigenvalue weighted by molar-refractivity contribution is -0.143. The van der Waals surface area contributed by atoms with Crippen molar-refractivity contribution in [2.24, 2.45) is 16.3 Å². The number of ether oxygens (including phenoxy) is 1. The molecule has 0 unspecified atom stereocenters. The lowest BCUT2D eigenvalue weighted by atomic mass is 9.77. The quantitative estimate of drug-likeness (QED) is 0.340. The molecule has 0 aromatic rings. The molecule has 0 saturated carbocycles. The Morgan fingerprint density at radius 1 is 1.42 bits per heavy atom. The van der Waals surface area contributed by atoms with Crippen molar-refractivity contribution in [1.29, 1.82) is 0 Å². The topological polar surface area (TPSA) is 88.2 Å². The van der Waals surface area contributed by atoms with E-state index in [-0.39, 0.29) is 17.8 Å². The standard InChI is InChI=1S/C13H25N3O3/c1-4-10(5-2)16(3)12(17)13(11(14)15-18)6-8-19-9-7-13/h10,18H,4-9H2,1-3H3,(H2,14,15). The third-order valence-electron chi connectivity index (χ3n) is 4.16. The van der Waals surface area contributed by atoms with Gasteiger partial charge in [-0.2, -0.15) is 0 Å². The van der Waals surface area contributed by atoms with Crippen molar-refractivity contribution in [2.75, 3.05) is 20.3 Å². The van der Waals surface area contributed by atoms with E-state index in [2.05, 4.69) is 19.0 Å². The fraction of sp³-hybridized carbons (Fsp3) is 0.846. The Labute approximate surface area is 114 Å². The molecular formula is C13H25N3O3. The van der Waals surface area contributed by atoms with Gasteiger partial charge in [0.05, 0.1) is 0 Å². The maximum Gasteiger partial charge on any atom is 0.236 e. The number of hydrogen-bond donors (Lipinski definition) is 2. The Balaban J connectivity index is 3.01. The number of amides is 1. The molecule has 1 aliphatic rings. The monoisotopic (exact) mass is 271 g/mol. The maximum absolute atomic E-state index is 12.8. The molecule has 6 heteroatoms. The summed E-state index contributed by atoms with van der Waals surface area (Å²) in [5.41, 5.74) is 4.89. The average Bonchev–Trinajstić information content (AvgIpc) is 2.47. The number of nitrogens with two attached hydrogens (primary N) is 1. The Bertz CT molecular complexity index is 334. The van der Waals surface area contributed by atoms with Gasteiger partial charge < -0.3 is 20.6 Å². The smallest absolute Gasteiger partial charge is 0.236 e. The van der Waals surface area contributed by atoms with Gasteiger partial charge in [0, 0.05) is 26.3 Å². The third-order valence-corrected chi connectivity index (χ3v) is 4.16. The molecule has 0 aromatic heterocycles. The van der Waals surface area contributed by atoms with Crippen LogP contribution in [0.4, 0.5) is 0 Å². The second-order valence-corrected chi connectivity index (χ2v) is 5.07. The summed E-state index contributed by atoms with van der Waals surface area (Å²) in [5.74, 6) is -0.0709. The van der Waals surface area contributed by atoms with Crippen molar-refractivity contribution < 1.29 is 14.7 Å². The van der Waals surface area contributed by atoms with Gasteiger partial charge >= 0.3 is 0 Å². The summed E-state index contributed by atoms with van der Waals surface area (Å²) in [4.78, 5) is 14.5. The Kier molecular flexibility index (Phi) is 5.60. The van der Waals surface area contributed by atoms with Gasteiger partial charge in [-0.3, -0.25) is 4.79 Å². The minimum Gasteiger partial charge on any atom is -0.409 e. The van der Waals surface area contributed by atoms with Crippen LogP contribution in [0.15, 0.2) is 5.16 Å². The first-order valence-corrected chi connectivity index (χ1v) is 6.86. The van der Waals surface area contributed by atoms with Crippen LogP contribution in [0.5, 0.6) is 0 Å². The molecule has 19 heavy (non-hydrogen) atoms. The molecule has 1 rings (SSSR count). The molecule has 0 spiro atoms. The summed E-state index contributed by atoms with van der Waals surface area (Å²) < 4.78 is 5.30. The number of carbonyl (C=O) groups is 1. The minimum atomic E-state index is -0.912. The second kappa shape index (κ2) is 6.75. The van der Waals surface area contributed by atoms with Crippen molar-refractivity contribution in [1.82, 2.24) is 4.90 Å². The summed E-state index contributed by atoms with van der Waals surface area (Å²) >= 11 is 0. The molecule has 0 aromatic carbocycles. The van der Waals surface area contributed by atoms with Gasteiger partial charge in [0.15, 0.2) is 5.84 Å². The number of rotatable bonds is 5. The van der Waals surface area contributed by atoms with Crippen LogP contribution in [0, 0.1) is 5.41 Å². The van der Waals surface area contributed by atoms with Gasteiger partial charge in [-0.25, -0.2) is 0 Å². The highest BCUT2D eigenvalue weighted by Crippen LogP contribution is 2.33. The van der Waals surface area contributed by atoms with Crippen LogP contribution in [-0.4, -0.2) is 48.2 Å². The number of nitrogens with zero attached hydrogens (tertiary/aromatic N) is 2. The molecule has 1 heterocycles. The van der Waals surface area contributed by atoms with E-state index in [0.717, 1.165) is 12.8 Å². The van der Waals surface area contributed by atoms with Crippen LogP contribution in [-0.2, 0) is 9.53 Å². The lowest BCUT2D eigenvalue weighted by Gasteiger charge is -2.39. The Hall–Kier alpha value is -1.30. The molecule has 0 atom stereocenters. The van der Waals surface area contributed by atoms with Crippen LogP contribution >= 0.6 is 0 Å². The first kappa shape index (κ1) is 15.8. The molecule has 6 nitrogen and oxygen atoms in total. The van der Waals surface area contributed by atoms with Crippen molar-refractivity contribution >= 4 is 11.7 Å². The normalized spacial score (nSPS) is 19.5. The Morgan fingerprint density at radius 3 is 2.37 bits per heavy atom. The third kappa shape index (κ3) is 3.00. The highest BCUT2D eigenvalue weighted by molar-refractivity contribution is 6.06. The first-order valence-electron chi connectivity index (χ1n) is 6.86. The molecular weight excluding hydrogens is 246 g/mol. The molecule has 1 saturated heterocycles. The predicted octanol–water partition coefficient (Wildman–Crippen LogP) is 1.18. The van der Waals surface area contributed by atoms with Crippen LogP contribution in [0.2, 0.25) is 0 Å². The van der Waals surface area contributed by atoms with E-state index >= 15 is 0 Å². The molecule has 3 N–H and O–H groups in total. The first-order chi connectivity index (χ1) is 9.03. The van der Waals surface area contributed by atoms with Crippen LogP contribution in [0.1, 0.15) is 39.5 Å². The van der Waals surface area contributed by atoms with E-state index in [9.17, 15) is 4.79 Å². The highest BCUT2D eigenvalue weighted by atomic mass is 16.5. The summed E-state index contributed by atoms with van der Waals surface area (Å²) in [7, 11) is 1.79. The van der Waals surface area contributed by atoms with Gasteiger partial charge in [0.1, 0.15) is 5.41 Å². The van der Waals surface area contributed by atoms with Gasteiger partial charge in [-0.05, 0) is 25.7 Å². The van der Waals surface area contributed by atoms with E-state index in [4.69, 9.17) is 15.7 Å². The zero-order valence-corrected chi connectivity index (χ0v) is 12.1. The fourth-order valence-corrected chi connectivity index (χ4v) is 2.73. The van der Waals surface area contributed by atoms with Gasteiger partial charge in [0.2, 0.25) is 5.91 Å². The SMILES string of the molecule is CCC(CC)N(C)C(=O)C1(C(N)=NO)CCOCC1. The van der Waals surface area contributed by atoms with Gasteiger partial charge in [-0.15, -0.1) is 0 Å². The fourth-order valence-electron chi connectivity index (χ4n) is 2.73. The van der Waals surface area contributed by atoms with Gasteiger partial charge in [0.25, 0.3) is 0 Å². The van der Waals surface area contributed by atoms with Crippen molar-refractivity contribution in [3.8, 4) is 0 Å². The average molecular weight is 271 g/mol.